The molecule has 0 bridgehead atoms. The predicted molar refractivity (Wildman–Crippen MR) is 26.5 cm³/mol. The molecule has 7 heavy (non-hydrogen) atoms. The molecule has 0 aromatic heterocycles. The van der Waals surface area contributed by atoms with E-state index in [-0.39, 0.29) is 6.10 Å². The fourth-order valence-electron chi connectivity index (χ4n) is 0.241. The Morgan fingerprint density at radius 2 is 2.29 bits per heavy atom. The molecular weight excluding hydrogens is 335 g/mol. The molecule has 1 atom stereocenters. The molecule has 1 N–H and O–H groups in total. The molecule has 50 valence electrons. The molecule has 0 saturated heterocycles. The van der Waals surface area contributed by atoms with Gasteiger partial charge in [-0.1, -0.05) is 6.08 Å². The van der Waals surface area contributed by atoms with Gasteiger partial charge in [0.25, 0.3) is 0 Å². The summed E-state index contributed by atoms with van der Waals surface area (Å²) >= 11 is 0. The summed E-state index contributed by atoms with van der Waals surface area (Å²) in [6.45, 7) is 5.18. The Balaban J connectivity index is 0. The Hall–Kier alpha value is -1.30. The van der Waals surface area contributed by atoms with Gasteiger partial charge in [0.2, 0.25) is 0 Å². The molecule has 1 unspecified atom stereocenters. The van der Waals surface area contributed by atoms with E-state index in [1.807, 2.05) is 0 Å². The van der Waals surface area contributed by atoms with Crippen molar-refractivity contribution in [3.05, 3.63) is 12.7 Å². The van der Waals surface area contributed by atoms with E-state index < -0.39 is 0 Å². The van der Waals surface area contributed by atoms with E-state index in [0.29, 0.717) is 6.42 Å². The summed E-state index contributed by atoms with van der Waals surface area (Å²) < 4.78 is 0. The Morgan fingerprint density at radius 1 is 1.86 bits per heavy atom. The fourth-order valence-corrected chi connectivity index (χ4v) is 0.241. The molecule has 0 aromatic carbocycles. The standard InChI is InChI=1S/C5H10O.No/c1-3-4-5(2)6;/h3,5-6H,1,4H2,2H3;. The summed E-state index contributed by atoms with van der Waals surface area (Å²) in [6.07, 6.45) is 2.17. The zero-order valence-electron chi connectivity index (χ0n) is 4.28. The minimum atomic E-state index is -0.220. The van der Waals surface area contributed by atoms with Crippen molar-refractivity contribution in [2.24, 2.45) is 0 Å². The minimum absolute atomic E-state index is 0. The van der Waals surface area contributed by atoms with Crippen molar-refractivity contribution in [2.75, 3.05) is 0 Å². The van der Waals surface area contributed by atoms with E-state index in [0.717, 1.165) is 0 Å². The number of hydrogen-bond acceptors (Lipinski definition) is 1. The first-order valence-electron chi connectivity index (χ1n) is 2.06. The number of rotatable bonds is 2. The zero-order chi connectivity index (χ0) is 4.99. The van der Waals surface area contributed by atoms with Crippen LogP contribution in [0.25, 0.3) is 0 Å². The van der Waals surface area contributed by atoms with Crippen molar-refractivity contribution in [3.8, 4) is 0 Å². The smallest absolute Gasteiger partial charge is 0.0546 e. The van der Waals surface area contributed by atoms with Crippen LogP contribution in [0.5, 0.6) is 0 Å². The molecule has 0 fully saturated rings. The average Bonchev–Trinajstić information content (AvgIpc) is 1.35. The van der Waals surface area contributed by atoms with Crippen LogP contribution in [0.4, 0.5) is 0 Å². The van der Waals surface area contributed by atoms with Crippen LogP contribution in [-0.4, -0.2) is 11.2 Å². The molecule has 0 spiro atoms. The van der Waals surface area contributed by atoms with E-state index in [9.17, 15) is 0 Å². The van der Waals surface area contributed by atoms with Gasteiger partial charge >= 0.3 is 0 Å². The van der Waals surface area contributed by atoms with Crippen LogP contribution in [0.15, 0.2) is 12.7 Å². The van der Waals surface area contributed by atoms with Crippen LogP contribution in [0.2, 0.25) is 0 Å². The van der Waals surface area contributed by atoms with Crippen molar-refractivity contribution in [1.29, 1.82) is 0 Å². The second-order valence-electron chi connectivity index (χ2n) is 1.37. The summed E-state index contributed by atoms with van der Waals surface area (Å²) in [5, 5.41) is 8.48. The molecule has 0 saturated carbocycles. The molecule has 1 nitrogen and oxygen atoms in total. The predicted octanol–water partition coefficient (Wildman–Crippen LogP) is 0.943. The van der Waals surface area contributed by atoms with E-state index in [4.69, 9.17) is 5.11 Å². The summed E-state index contributed by atoms with van der Waals surface area (Å²) in [7, 11) is 0. The van der Waals surface area contributed by atoms with Gasteiger partial charge < -0.3 is 5.11 Å². The van der Waals surface area contributed by atoms with E-state index in [1.165, 1.54) is 0 Å². The van der Waals surface area contributed by atoms with Crippen LogP contribution in [0.1, 0.15) is 13.3 Å². The van der Waals surface area contributed by atoms with Gasteiger partial charge in [-0.3, -0.25) is 0 Å². The van der Waals surface area contributed by atoms with Gasteiger partial charge in [0.1, 0.15) is 0 Å². The number of aliphatic hydroxyl groups is 1. The van der Waals surface area contributed by atoms with E-state index in [1.54, 1.807) is 13.0 Å². The van der Waals surface area contributed by atoms with Gasteiger partial charge in [0, 0.05) is 0 Å². The van der Waals surface area contributed by atoms with Crippen LogP contribution >= 0.6 is 0 Å². The quantitative estimate of drug-likeness (QED) is 0.739. The monoisotopic (exact) mass is 345 g/mol. The zero-order valence-corrected chi connectivity index (χ0v) is 6.51. The Morgan fingerprint density at radius 3 is 2.29 bits per heavy atom. The maximum atomic E-state index is 8.48. The van der Waals surface area contributed by atoms with Gasteiger partial charge in [-0.25, -0.2) is 0 Å². The van der Waals surface area contributed by atoms with Crippen molar-refractivity contribution in [3.63, 3.8) is 0 Å². The van der Waals surface area contributed by atoms with Gasteiger partial charge in [0.05, 0.1) is 6.10 Å². The number of aliphatic hydroxyl groups excluding tert-OH is 1. The second-order valence-corrected chi connectivity index (χ2v) is 1.37. The summed E-state index contributed by atoms with van der Waals surface area (Å²) in [6, 6.07) is 0. The topological polar surface area (TPSA) is 20.2 Å². The Kier molecular flexibility index (Phi) is 6.18. The van der Waals surface area contributed by atoms with E-state index >= 15 is 0 Å². The third-order valence-electron chi connectivity index (χ3n) is 0.508. The van der Waals surface area contributed by atoms with E-state index in [2.05, 4.69) is 6.58 Å². The normalized spacial score (nSPS) is 11.7. The third-order valence-corrected chi connectivity index (χ3v) is 0.508. The molecular formula is C5H10NoO. The van der Waals surface area contributed by atoms with Crippen molar-refractivity contribution in [2.45, 2.75) is 19.4 Å². The molecule has 0 aromatic rings. The van der Waals surface area contributed by atoms with Gasteiger partial charge in [0.15, 0.2) is 0 Å². The first kappa shape index (κ1) is 9.20. The van der Waals surface area contributed by atoms with Crippen LogP contribution in [-0.2, 0) is 0 Å². The largest absolute Gasteiger partial charge is 0.393 e. The third kappa shape index (κ3) is 11.9. The Labute approximate surface area is 38.3 Å². The molecule has 0 aliphatic carbocycles. The maximum Gasteiger partial charge on any atom is 0.0546 e. The summed E-state index contributed by atoms with van der Waals surface area (Å²) in [5.74, 6) is 0. The number of hydrogen-bond donors (Lipinski definition) is 1. The van der Waals surface area contributed by atoms with Crippen molar-refractivity contribution in [1.82, 2.24) is 0 Å². The van der Waals surface area contributed by atoms with Gasteiger partial charge in [-0.15, -0.1) is 6.58 Å². The molecule has 0 amide bonds. The summed E-state index contributed by atoms with van der Waals surface area (Å²) in [4.78, 5) is 0. The summed E-state index contributed by atoms with van der Waals surface area (Å²) in [5.41, 5.74) is 0. The first-order chi connectivity index (χ1) is 2.77. The van der Waals surface area contributed by atoms with Gasteiger partial charge in [-0.05, 0) is 13.3 Å². The average molecular weight is 345 g/mol. The molecule has 0 aliphatic heterocycles. The van der Waals surface area contributed by atoms with Crippen LogP contribution in [0, 0.1) is 0 Å². The van der Waals surface area contributed by atoms with Gasteiger partial charge in [-0.2, -0.15) is 0 Å². The van der Waals surface area contributed by atoms with Crippen molar-refractivity contribution >= 4 is 0 Å². The molecule has 2 heteroatoms. The van der Waals surface area contributed by atoms with Crippen LogP contribution in [0.3, 0.4) is 0 Å². The molecule has 0 rings (SSSR count). The second kappa shape index (κ2) is 4.70. The molecule has 0 aliphatic rings. The van der Waals surface area contributed by atoms with Crippen molar-refractivity contribution < 1.29 is 5.11 Å². The van der Waals surface area contributed by atoms with Crippen LogP contribution < -0.4 is 0 Å². The first-order valence-corrected chi connectivity index (χ1v) is 2.06. The maximum absolute atomic E-state index is 8.48. The molecule has 0 radical (unpaired) electrons. The molecule has 0 heterocycles. The SMILES string of the molecule is C=CCC(C)O.[No]. The fraction of sp³-hybridized carbons (Fsp3) is 0.600. The Bertz CT molecular complexity index is 43.3. The minimum Gasteiger partial charge on any atom is -0.393 e.